The van der Waals surface area contributed by atoms with Gasteiger partial charge in [-0.3, -0.25) is 14.6 Å². The number of hydrogen-bond donors (Lipinski definition) is 0. The molecular formula is C13H18N4O2. The van der Waals surface area contributed by atoms with Crippen molar-refractivity contribution in [3.05, 3.63) is 11.4 Å². The van der Waals surface area contributed by atoms with Crippen molar-refractivity contribution in [1.82, 2.24) is 14.7 Å². The minimum Gasteiger partial charge on any atom is -0.464 e. The van der Waals surface area contributed by atoms with Crippen LogP contribution in [0.25, 0.3) is 0 Å². The Morgan fingerprint density at radius 1 is 1.53 bits per heavy atom. The first-order chi connectivity index (χ1) is 9.13. The summed E-state index contributed by atoms with van der Waals surface area (Å²) in [4.78, 5) is 18.8. The summed E-state index contributed by atoms with van der Waals surface area (Å²) >= 11 is 0. The summed E-state index contributed by atoms with van der Waals surface area (Å²) in [6.45, 7) is 3.18. The fourth-order valence-corrected chi connectivity index (χ4v) is 3.04. The third-order valence-corrected chi connectivity index (χ3v) is 4.04. The number of hydrogen-bond acceptors (Lipinski definition) is 5. The molecule has 3 heterocycles. The zero-order chi connectivity index (χ0) is 13.6. The molecule has 1 fully saturated rings. The molecule has 0 radical (unpaired) electrons. The molecule has 0 spiro atoms. The first-order valence-corrected chi connectivity index (χ1v) is 6.58. The lowest BCUT2D eigenvalue weighted by molar-refractivity contribution is 0.0589. The molecule has 0 amide bonds. The Bertz CT molecular complexity index is 549. The van der Waals surface area contributed by atoms with Crippen LogP contribution in [-0.4, -0.2) is 46.6 Å². The minimum absolute atomic E-state index is 0.176. The number of methoxy groups -OCH3 is 1. The average Bonchev–Trinajstić information content (AvgIpc) is 2.96. The molecule has 102 valence electrons. The van der Waals surface area contributed by atoms with Gasteiger partial charge in [-0.1, -0.05) is 0 Å². The highest BCUT2D eigenvalue weighted by atomic mass is 16.5. The summed E-state index contributed by atoms with van der Waals surface area (Å²) in [6, 6.07) is 0.537. The van der Waals surface area contributed by atoms with Crippen molar-refractivity contribution in [2.45, 2.75) is 31.8 Å². The van der Waals surface area contributed by atoms with Gasteiger partial charge >= 0.3 is 5.97 Å². The van der Waals surface area contributed by atoms with Crippen LogP contribution in [0.1, 0.15) is 42.0 Å². The van der Waals surface area contributed by atoms with E-state index in [1.807, 2.05) is 6.21 Å². The van der Waals surface area contributed by atoms with E-state index in [9.17, 15) is 4.79 Å². The predicted octanol–water partition coefficient (Wildman–Crippen LogP) is 1.45. The number of fused-ring (bicyclic) bond motifs is 2. The van der Waals surface area contributed by atoms with Gasteiger partial charge in [0.1, 0.15) is 11.4 Å². The lowest BCUT2D eigenvalue weighted by atomic mass is 10.1. The molecule has 3 rings (SSSR count). The van der Waals surface area contributed by atoms with Crippen molar-refractivity contribution in [2.24, 2.45) is 12.0 Å². The van der Waals surface area contributed by atoms with Crippen molar-refractivity contribution in [2.75, 3.05) is 13.7 Å². The van der Waals surface area contributed by atoms with Crippen molar-refractivity contribution < 1.29 is 9.53 Å². The van der Waals surface area contributed by atoms with Gasteiger partial charge in [0.2, 0.25) is 0 Å². The van der Waals surface area contributed by atoms with Crippen LogP contribution in [0.2, 0.25) is 0 Å². The summed E-state index contributed by atoms with van der Waals surface area (Å²) in [5.74, 6) is -0.386. The molecule has 6 nitrogen and oxygen atoms in total. The SMILES string of the molecule is COC(=O)c1c2c(nn1C)C(C)N1CCCC1C=N2. The van der Waals surface area contributed by atoms with Gasteiger partial charge < -0.3 is 4.74 Å². The molecular weight excluding hydrogens is 244 g/mol. The molecule has 0 bridgehead atoms. The Labute approximate surface area is 112 Å². The van der Waals surface area contributed by atoms with E-state index in [1.54, 1.807) is 11.7 Å². The van der Waals surface area contributed by atoms with E-state index in [0.29, 0.717) is 17.4 Å². The predicted molar refractivity (Wildman–Crippen MR) is 70.8 cm³/mol. The van der Waals surface area contributed by atoms with Gasteiger partial charge in [0.05, 0.1) is 13.2 Å². The van der Waals surface area contributed by atoms with Crippen LogP contribution < -0.4 is 0 Å². The van der Waals surface area contributed by atoms with Crippen molar-refractivity contribution in [3.63, 3.8) is 0 Å². The third-order valence-electron chi connectivity index (χ3n) is 4.04. The lowest BCUT2D eigenvalue weighted by Crippen LogP contribution is -2.32. The maximum Gasteiger partial charge on any atom is 0.358 e. The normalized spacial score (nSPS) is 25.8. The molecule has 6 heteroatoms. The Morgan fingerprint density at radius 3 is 3.05 bits per heavy atom. The highest BCUT2D eigenvalue weighted by Crippen LogP contribution is 2.37. The number of ether oxygens (including phenoxy) is 1. The van der Waals surface area contributed by atoms with Gasteiger partial charge in [-0.15, -0.1) is 0 Å². The smallest absolute Gasteiger partial charge is 0.358 e. The van der Waals surface area contributed by atoms with Gasteiger partial charge in [0, 0.05) is 19.3 Å². The first kappa shape index (κ1) is 12.3. The van der Waals surface area contributed by atoms with Gasteiger partial charge in [0.25, 0.3) is 0 Å². The van der Waals surface area contributed by atoms with E-state index < -0.39 is 0 Å². The molecule has 0 N–H and O–H groups in total. The maximum atomic E-state index is 11.9. The van der Waals surface area contributed by atoms with Crippen LogP contribution in [0.5, 0.6) is 0 Å². The summed E-state index contributed by atoms with van der Waals surface area (Å²) < 4.78 is 6.39. The average molecular weight is 262 g/mol. The Hall–Kier alpha value is -1.69. The van der Waals surface area contributed by atoms with E-state index >= 15 is 0 Å². The van der Waals surface area contributed by atoms with E-state index in [4.69, 9.17) is 4.74 Å². The largest absolute Gasteiger partial charge is 0.464 e. The van der Waals surface area contributed by atoms with Crippen LogP contribution in [0.3, 0.4) is 0 Å². The number of carbonyl (C=O) groups excluding carboxylic acids is 1. The molecule has 2 aliphatic rings. The zero-order valence-electron chi connectivity index (χ0n) is 11.5. The Balaban J connectivity index is 2.11. The van der Waals surface area contributed by atoms with Crippen molar-refractivity contribution >= 4 is 17.9 Å². The standard InChI is InChI=1S/C13H18N4O2/c1-8-10-11(12(13(18)19-3)16(2)15-10)14-7-9-5-4-6-17(8)9/h7-9H,4-6H2,1-3H3. The molecule has 0 aromatic carbocycles. The first-order valence-electron chi connectivity index (χ1n) is 6.58. The summed E-state index contributed by atoms with van der Waals surface area (Å²) in [6.07, 6.45) is 4.26. The van der Waals surface area contributed by atoms with Crippen LogP contribution in [0.15, 0.2) is 4.99 Å². The topological polar surface area (TPSA) is 59.7 Å². The summed E-state index contributed by atoms with van der Waals surface area (Å²) in [5.41, 5.74) is 1.96. The molecule has 1 saturated heterocycles. The monoisotopic (exact) mass is 262 g/mol. The minimum atomic E-state index is -0.386. The Kier molecular flexibility index (Phi) is 2.89. The zero-order valence-corrected chi connectivity index (χ0v) is 11.5. The van der Waals surface area contributed by atoms with Gasteiger partial charge in [-0.05, 0) is 26.3 Å². The van der Waals surface area contributed by atoms with Crippen LogP contribution in [0, 0.1) is 0 Å². The molecule has 2 atom stereocenters. The van der Waals surface area contributed by atoms with E-state index in [2.05, 4.69) is 21.9 Å². The summed E-state index contributed by atoms with van der Waals surface area (Å²) in [5, 5.41) is 4.48. The number of nitrogens with zero attached hydrogens (tertiary/aromatic N) is 4. The molecule has 2 unspecified atom stereocenters. The second kappa shape index (κ2) is 4.45. The highest BCUT2D eigenvalue weighted by molar-refractivity contribution is 5.94. The third kappa shape index (κ3) is 1.78. The molecule has 19 heavy (non-hydrogen) atoms. The molecule has 0 saturated carbocycles. The summed E-state index contributed by atoms with van der Waals surface area (Å²) in [7, 11) is 3.13. The molecule has 1 aromatic rings. The maximum absolute atomic E-state index is 11.9. The van der Waals surface area contributed by atoms with E-state index in [1.165, 1.54) is 13.5 Å². The molecule has 2 aliphatic heterocycles. The van der Waals surface area contributed by atoms with Gasteiger partial charge in [0.15, 0.2) is 5.69 Å². The number of aliphatic imine (C=N–C) groups is 1. The van der Waals surface area contributed by atoms with Crippen molar-refractivity contribution in [1.29, 1.82) is 0 Å². The number of carbonyl (C=O) groups is 1. The lowest BCUT2D eigenvalue weighted by Gasteiger charge is -2.25. The quantitative estimate of drug-likeness (QED) is 0.719. The van der Waals surface area contributed by atoms with Crippen molar-refractivity contribution in [3.8, 4) is 0 Å². The highest BCUT2D eigenvalue weighted by Gasteiger charge is 2.35. The van der Waals surface area contributed by atoms with Gasteiger partial charge in [-0.2, -0.15) is 5.10 Å². The van der Waals surface area contributed by atoms with Crippen LogP contribution in [0.4, 0.5) is 5.69 Å². The van der Waals surface area contributed by atoms with Crippen LogP contribution >= 0.6 is 0 Å². The number of esters is 1. The second-order valence-electron chi connectivity index (χ2n) is 5.10. The second-order valence-corrected chi connectivity index (χ2v) is 5.10. The van der Waals surface area contributed by atoms with Gasteiger partial charge in [-0.25, -0.2) is 4.79 Å². The number of rotatable bonds is 1. The van der Waals surface area contributed by atoms with Crippen LogP contribution in [-0.2, 0) is 11.8 Å². The Morgan fingerprint density at radius 2 is 2.32 bits per heavy atom. The molecule has 1 aromatic heterocycles. The van der Waals surface area contributed by atoms with E-state index in [-0.39, 0.29) is 12.0 Å². The molecule has 0 aliphatic carbocycles. The fraction of sp³-hybridized carbons (Fsp3) is 0.615. The number of aryl methyl sites for hydroxylation is 1. The van der Waals surface area contributed by atoms with E-state index in [0.717, 1.165) is 18.7 Å². The fourth-order valence-electron chi connectivity index (χ4n) is 3.04. The number of aromatic nitrogens is 2.